The number of H-pyrrole nitrogens is 1. The number of rotatable bonds is 4. The predicted octanol–water partition coefficient (Wildman–Crippen LogP) is 2.04. The number of hydrogen-bond donors (Lipinski definition) is 2. The summed E-state index contributed by atoms with van der Waals surface area (Å²) in [6.45, 7) is 2.49. The standard InChI is InChI=1S/C18H23N5O3S/c1-27(25,26)16-5-3-2-4-14(16)19-18(24)23-10-8-22(9-11-23)17-12-15(20-21-17)13-6-7-13/h2-5,12-13H,6-11H2,1H3,(H,19,24)(H,20,21). The van der Waals surface area contributed by atoms with Crippen molar-refractivity contribution in [2.24, 2.45) is 0 Å². The third-order valence-electron chi connectivity index (χ3n) is 5.02. The van der Waals surface area contributed by atoms with Crippen LogP contribution in [0.5, 0.6) is 0 Å². The van der Waals surface area contributed by atoms with Gasteiger partial charge in [-0.25, -0.2) is 13.2 Å². The van der Waals surface area contributed by atoms with Crippen LogP contribution in [0.25, 0.3) is 0 Å². The number of anilines is 2. The van der Waals surface area contributed by atoms with Crippen molar-refractivity contribution in [3.63, 3.8) is 0 Å². The Morgan fingerprint density at radius 2 is 1.89 bits per heavy atom. The molecular weight excluding hydrogens is 366 g/mol. The molecule has 9 heteroatoms. The highest BCUT2D eigenvalue weighted by atomic mass is 32.2. The molecule has 2 N–H and O–H groups in total. The normalized spacial score (nSPS) is 17.8. The van der Waals surface area contributed by atoms with Gasteiger partial charge >= 0.3 is 6.03 Å². The fraction of sp³-hybridized carbons (Fsp3) is 0.444. The second-order valence-corrected chi connectivity index (χ2v) is 9.11. The molecule has 2 amide bonds. The molecule has 0 radical (unpaired) electrons. The minimum atomic E-state index is -3.41. The number of hydrogen-bond acceptors (Lipinski definition) is 5. The summed E-state index contributed by atoms with van der Waals surface area (Å²) < 4.78 is 23.8. The summed E-state index contributed by atoms with van der Waals surface area (Å²) in [6, 6.07) is 8.27. The van der Waals surface area contributed by atoms with Gasteiger partial charge in [-0.1, -0.05) is 12.1 Å². The van der Waals surface area contributed by atoms with Gasteiger partial charge in [0, 0.05) is 50.1 Å². The van der Waals surface area contributed by atoms with E-state index in [1.54, 1.807) is 23.1 Å². The Kier molecular flexibility index (Phi) is 4.55. The van der Waals surface area contributed by atoms with Gasteiger partial charge in [0.05, 0.1) is 10.6 Å². The molecule has 27 heavy (non-hydrogen) atoms. The minimum absolute atomic E-state index is 0.126. The molecule has 2 heterocycles. The van der Waals surface area contributed by atoms with E-state index in [1.807, 2.05) is 0 Å². The molecule has 1 aliphatic heterocycles. The number of aromatic nitrogens is 2. The van der Waals surface area contributed by atoms with Crippen LogP contribution in [-0.4, -0.2) is 62.0 Å². The van der Waals surface area contributed by atoms with E-state index in [9.17, 15) is 13.2 Å². The van der Waals surface area contributed by atoms with Crippen molar-refractivity contribution in [1.29, 1.82) is 0 Å². The summed E-state index contributed by atoms with van der Waals surface area (Å²) in [4.78, 5) is 16.6. The van der Waals surface area contributed by atoms with Gasteiger partial charge in [0.15, 0.2) is 15.7 Å². The van der Waals surface area contributed by atoms with E-state index in [2.05, 4.69) is 26.5 Å². The molecule has 1 aliphatic carbocycles. The second-order valence-electron chi connectivity index (χ2n) is 7.13. The third kappa shape index (κ3) is 3.92. The van der Waals surface area contributed by atoms with Crippen molar-refractivity contribution in [3.05, 3.63) is 36.0 Å². The van der Waals surface area contributed by atoms with Crippen molar-refractivity contribution in [1.82, 2.24) is 15.1 Å². The Bertz CT molecular complexity index is 943. The molecule has 0 bridgehead atoms. The number of nitrogens with one attached hydrogen (secondary N) is 2. The molecule has 2 aliphatic rings. The van der Waals surface area contributed by atoms with Gasteiger partial charge in [-0.15, -0.1) is 0 Å². The number of aromatic amines is 1. The number of para-hydroxylation sites is 1. The van der Waals surface area contributed by atoms with Crippen LogP contribution < -0.4 is 10.2 Å². The smallest absolute Gasteiger partial charge is 0.322 e. The zero-order valence-electron chi connectivity index (χ0n) is 15.2. The number of piperazine rings is 1. The zero-order chi connectivity index (χ0) is 19.0. The lowest BCUT2D eigenvalue weighted by molar-refractivity contribution is 0.208. The summed E-state index contributed by atoms with van der Waals surface area (Å²) in [6.07, 6.45) is 3.59. The van der Waals surface area contributed by atoms with Crippen LogP contribution in [0.3, 0.4) is 0 Å². The topological polar surface area (TPSA) is 98.4 Å². The molecule has 144 valence electrons. The number of carbonyl (C=O) groups is 1. The minimum Gasteiger partial charge on any atom is -0.352 e. The van der Waals surface area contributed by atoms with Crippen LogP contribution in [-0.2, 0) is 9.84 Å². The van der Waals surface area contributed by atoms with Crippen molar-refractivity contribution < 1.29 is 13.2 Å². The van der Waals surface area contributed by atoms with E-state index in [0.717, 1.165) is 12.1 Å². The zero-order valence-corrected chi connectivity index (χ0v) is 16.0. The first kappa shape index (κ1) is 17.8. The quantitative estimate of drug-likeness (QED) is 0.834. The maximum atomic E-state index is 12.6. The maximum Gasteiger partial charge on any atom is 0.322 e. The van der Waals surface area contributed by atoms with E-state index < -0.39 is 9.84 Å². The molecule has 4 rings (SSSR count). The number of amides is 2. The summed E-state index contributed by atoms with van der Waals surface area (Å²) in [5.41, 5.74) is 1.51. The molecule has 1 saturated heterocycles. The van der Waals surface area contributed by atoms with Crippen LogP contribution in [0.15, 0.2) is 35.2 Å². The Labute approximate surface area is 158 Å². The largest absolute Gasteiger partial charge is 0.352 e. The molecule has 1 aromatic heterocycles. The highest BCUT2D eigenvalue weighted by Gasteiger charge is 2.28. The van der Waals surface area contributed by atoms with E-state index in [1.165, 1.54) is 24.6 Å². The third-order valence-corrected chi connectivity index (χ3v) is 6.18. The molecule has 2 fully saturated rings. The van der Waals surface area contributed by atoms with Crippen LogP contribution in [0.4, 0.5) is 16.3 Å². The molecule has 1 saturated carbocycles. The molecule has 0 atom stereocenters. The molecule has 1 aromatic carbocycles. The van der Waals surface area contributed by atoms with E-state index in [0.29, 0.717) is 37.8 Å². The second kappa shape index (κ2) is 6.88. The number of sulfone groups is 1. The Morgan fingerprint density at radius 3 is 2.56 bits per heavy atom. The fourth-order valence-corrected chi connectivity index (χ4v) is 4.16. The summed E-state index contributed by atoms with van der Waals surface area (Å²) >= 11 is 0. The number of nitrogens with zero attached hydrogens (tertiary/aromatic N) is 3. The predicted molar refractivity (Wildman–Crippen MR) is 103 cm³/mol. The fourth-order valence-electron chi connectivity index (χ4n) is 3.32. The van der Waals surface area contributed by atoms with E-state index in [-0.39, 0.29) is 10.9 Å². The molecule has 8 nitrogen and oxygen atoms in total. The van der Waals surface area contributed by atoms with E-state index in [4.69, 9.17) is 0 Å². The maximum absolute atomic E-state index is 12.6. The highest BCUT2D eigenvalue weighted by molar-refractivity contribution is 7.90. The van der Waals surface area contributed by atoms with Gasteiger partial charge in [-0.3, -0.25) is 5.10 Å². The van der Waals surface area contributed by atoms with Gasteiger partial charge in [0.25, 0.3) is 0 Å². The van der Waals surface area contributed by atoms with Crippen molar-refractivity contribution >= 4 is 27.4 Å². The monoisotopic (exact) mass is 389 g/mol. The first-order valence-corrected chi connectivity index (χ1v) is 11.0. The summed E-state index contributed by atoms with van der Waals surface area (Å²) in [7, 11) is -3.41. The Morgan fingerprint density at radius 1 is 1.19 bits per heavy atom. The first-order valence-electron chi connectivity index (χ1n) is 9.07. The highest BCUT2D eigenvalue weighted by Crippen LogP contribution is 2.39. The van der Waals surface area contributed by atoms with Gasteiger partial charge in [0.2, 0.25) is 0 Å². The van der Waals surface area contributed by atoms with Crippen LogP contribution in [0.1, 0.15) is 24.5 Å². The average Bonchev–Trinajstić information content (AvgIpc) is 3.38. The Balaban J connectivity index is 1.37. The Hall–Kier alpha value is -2.55. The number of benzene rings is 1. The van der Waals surface area contributed by atoms with Crippen LogP contribution >= 0.6 is 0 Å². The molecule has 2 aromatic rings. The number of carbonyl (C=O) groups excluding carboxylic acids is 1. The van der Waals surface area contributed by atoms with Crippen molar-refractivity contribution in [2.75, 3.05) is 42.7 Å². The average molecular weight is 389 g/mol. The van der Waals surface area contributed by atoms with Crippen molar-refractivity contribution in [2.45, 2.75) is 23.7 Å². The lowest BCUT2D eigenvalue weighted by Gasteiger charge is -2.34. The van der Waals surface area contributed by atoms with Gasteiger partial charge in [-0.05, 0) is 25.0 Å². The van der Waals surface area contributed by atoms with Crippen LogP contribution in [0.2, 0.25) is 0 Å². The van der Waals surface area contributed by atoms with Crippen molar-refractivity contribution in [3.8, 4) is 0 Å². The molecule has 0 unspecified atom stereocenters. The molecule has 0 spiro atoms. The lowest BCUT2D eigenvalue weighted by atomic mass is 10.2. The summed E-state index contributed by atoms with van der Waals surface area (Å²) in [5.74, 6) is 1.56. The lowest BCUT2D eigenvalue weighted by Crippen LogP contribution is -2.50. The van der Waals surface area contributed by atoms with Gasteiger partial charge in [0.1, 0.15) is 0 Å². The van der Waals surface area contributed by atoms with Crippen LogP contribution in [0, 0.1) is 0 Å². The van der Waals surface area contributed by atoms with Gasteiger partial charge < -0.3 is 15.1 Å². The molecular formula is C18H23N5O3S. The SMILES string of the molecule is CS(=O)(=O)c1ccccc1NC(=O)N1CCN(c2cc(C3CC3)[nH]n2)CC1. The first-order chi connectivity index (χ1) is 12.9. The van der Waals surface area contributed by atoms with Gasteiger partial charge in [-0.2, -0.15) is 5.10 Å². The van der Waals surface area contributed by atoms with E-state index >= 15 is 0 Å². The number of urea groups is 1. The summed E-state index contributed by atoms with van der Waals surface area (Å²) in [5, 5.41) is 10.2.